The third-order valence-electron chi connectivity index (χ3n) is 5.11. The van der Waals surface area contributed by atoms with Crippen LogP contribution in [-0.2, 0) is 14.8 Å². The second-order valence-electron chi connectivity index (χ2n) is 7.30. The van der Waals surface area contributed by atoms with Crippen LogP contribution in [0.3, 0.4) is 0 Å². The summed E-state index contributed by atoms with van der Waals surface area (Å²) in [6.45, 7) is 3.74. The molecular weight excluding hydrogens is 360 g/mol. The Morgan fingerprint density at radius 3 is 2.19 bits per heavy atom. The van der Waals surface area contributed by atoms with E-state index in [4.69, 9.17) is 0 Å². The van der Waals surface area contributed by atoms with Gasteiger partial charge in [-0.3, -0.25) is 9.52 Å². The minimum absolute atomic E-state index is 0.00818. The summed E-state index contributed by atoms with van der Waals surface area (Å²) in [5.41, 5.74) is 2.96. The number of benzene rings is 2. The number of carbonyl (C=O) groups excluding carboxylic acids is 1. The van der Waals surface area contributed by atoms with E-state index < -0.39 is 10.0 Å². The third kappa shape index (κ3) is 4.89. The zero-order valence-corrected chi connectivity index (χ0v) is 16.6. The number of hydrogen-bond acceptors (Lipinski definition) is 3. The molecule has 1 saturated carbocycles. The van der Waals surface area contributed by atoms with Gasteiger partial charge in [0, 0.05) is 12.1 Å². The molecule has 3 rings (SSSR count). The van der Waals surface area contributed by atoms with Crippen molar-refractivity contribution in [1.29, 1.82) is 0 Å². The van der Waals surface area contributed by atoms with Gasteiger partial charge in [0.05, 0.1) is 10.6 Å². The smallest absolute Gasteiger partial charge is 0.261 e. The number of para-hydroxylation sites is 1. The van der Waals surface area contributed by atoms with Crippen LogP contribution in [0.1, 0.15) is 43.2 Å². The Balaban J connectivity index is 1.67. The Labute approximate surface area is 161 Å². The maximum Gasteiger partial charge on any atom is 0.261 e. The van der Waals surface area contributed by atoms with Crippen molar-refractivity contribution in [3.63, 3.8) is 0 Å². The predicted molar refractivity (Wildman–Crippen MR) is 108 cm³/mol. The van der Waals surface area contributed by atoms with Gasteiger partial charge in [-0.1, -0.05) is 31.0 Å². The van der Waals surface area contributed by atoms with Crippen molar-refractivity contribution >= 4 is 27.3 Å². The van der Waals surface area contributed by atoms with Gasteiger partial charge in [0.1, 0.15) is 0 Å². The molecule has 2 N–H and O–H groups in total. The molecule has 0 atom stereocenters. The lowest BCUT2D eigenvalue weighted by Crippen LogP contribution is -2.16. The van der Waals surface area contributed by atoms with Gasteiger partial charge in [-0.15, -0.1) is 0 Å². The summed E-state index contributed by atoms with van der Waals surface area (Å²) in [6, 6.07) is 11.9. The lowest BCUT2D eigenvalue weighted by atomic mass is 10.0. The van der Waals surface area contributed by atoms with Crippen molar-refractivity contribution in [2.24, 2.45) is 5.92 Å². The van der Waals surface area contributed by atoms with Gasteiger partial charge in [-0.2, -0.15) is 0 Å². The van der Waals surface area contributed by atoms with Crippen LogP contribution < -0.4 is 10.0 Å². The van der Waals surface area contributed by atoms with Crippen LogP contribution in [-0.4, -0.2) is 14.3 Å². The highest BCUT2D eigenvalue weighted by Crippen LogP contribution is 2.28. The van der Waals surface area contributed by atoms with E-state index in [-0.39, 0.29) is 10.8 Å². The number of nitrogens with one attached hydrogen (secondary N) is 2. The van der Waals surface area contributed by atoms with E-state index in [1.807, 2.05) is 32.0 Å². The van der Waals surface area contributed by atoms with Gasteiger partial charge in [0.2, 0.25) is 5.91 Å². The van der Waals surface area contributed by atoms with E-state index in [9.17, 15) is 13.2 Å². The molecule has 0 aliphatic heterocycles. The topological polar surface area (TPSA) is 75.3 Å². The molecule has 1 fully saturated rings. The summed E-state index contributed by atoms with van der Waals surface area (Å²) in [4.78, 5) is 12.3. The van der Waals surface area contributed by atoms with Gasteiger partial charge in [-0.25, -0.2) is 8.42 Å². The average Bonchev–Trinajstić information content (AvgIpc) is 3.11. The quantitative estimate of drug-likeness (QED) is 0.760. The molecule has 1 aliphatic carbocycles. The van der Waals surface area contributed by atoms with Gasteiger partial charge in [0.15, 0.2) is 0 Å². The van der Waals surface area contributed by atoms with Crippen molar-refractivity contribution in [2.45, 2.75) is 50.8 Å². The Hall–Kier alpha value is -2.34. The molecule has 0 radical (unpaired) electrons. The molecule has 0 bridgehead atoms. The van der Waals surface area contributed by atoms with Crippen LogP contribution in [0, 0.1) is 19.8 Å². The summed E-state index contributed by atoms with van der Waals surface area (Å²) >= 11 is 0. The van der Waals surface area contributed by atoms with E-state index in [0.29, 0.717) is 23.7 Å². The van der Waals surface area contributed by atoms with Crippen LogP contribution in [0.2, 0.25) is 0 Å². The van der Waals surface area contributed by atoms with E-state index in [2.05, 4.69) is 10.0 Å². The maximum absolute atomic E-state index is 12.7. The monoisotopic (exact) mass is 386 g/mol. The second-order valence-corrected chi connectivity index (χ2v) is 8.98. The van der Waals surface area contributed by atoms with Gasteiger partial charge < -0.3 is 5.32 Å². The highest BCUT2D eigenvalue weighted by molar-refractivity contribution is 7.92. The number of aryl methyl sites for hydroxylation is 2. The first-order valence-electron chi connectivity index (χ1n) is 9.34. The average molecular weight is 387 g/mol. The second kappa shape index (κ2) is 8.13. The number of hydrogen-bond donors (Lipinski definition) is 2. The fraction of sp³-hybridized carbons (Fsp3) is 0.381. The third-order valence-corrected chi connectivity index (χ3v) is 6.48. The lowest BCUT2D eigenvalue weighted by molar-refractivity contribution is -0.117. The molecule has 0 heterocycles. The molecule has 0 aromatic heterocycles. The first-order chi connectivity index (χ1) is 12.8. The first-order valence-corrected chi connectivity index (χ1v) is 10.8. The molecule has 5 nitrogen and oxygen atoms in total. The minimum Gasteiger partial charge on any atom is -0.326 e. The lowest BCUT2D eigenvalue weighted by Gasteiger charge is -2.14. The number of rotatable bonds is 6. The zero-order valence-electron chi connectivity index (χ0n) is 15.8. The van der Waals surface area contributed by atoms with Crippen molar-refractivity contribution in [3.8, 4) is 0 Å². The van der Waals surface area contributed by atoms with Crippen LogP contribution in [0.15, 0.2) is 47.4 Å². The molecule has 1 amide bonds. The number of amides is 1. The van der Waals surface area contributed by atoms with E-state index in [0.717, 1.165) is 24.0 Å². The molecule has 0 unspecified atom stereocenters. The van der Waals surface area contributed by atoms with E-state index in [1.165, 1.54) is 25.0 Å². The molecule has 1 aliphatic rings. The van der Waals surface area contributed by atoms with E-state index in [1.54, 1.807) is 12.1 Å². The number of carbonyl (C=O) groups is 1. The zero-order chi connectivity index (χ0) is 19.4. The van der Waals surface area contributed by atoms with Crippen LogP contribution in [0.5, 0.6) is 0 Å². The van der Waals surface area contributed by atoms with Gasteiger partial charge in [-0.05, 0) is 68.0 Å². The van der Waals surface area contributed by atoms with Crippen LogP contribution in [0.4, 0.5) is 11.4 Å². The first kappa shape index (κ1) is 19.4. The molecule has 2 aromatic rings. The van der Waals surface area contributed by atoms with Crippen molar-refractivity contribution in [1.82, 2.24) is 0 Å². The van der Waals surface area contributed by atoms with Crippen LogP contribution >= 0.6 is 0 Å². The maximum atomic E-state index is 12.7. The minimum atomic E-state index is -3.68. The summed E-state index contributed by atoms with van der Waals surface area (Å²) in [7, 11) is -3.68. The highest BCUT2D eigenvalue weighted by Gasteiger charge is 2.19. The summed E-state index contributed by atoms with van der Waals surface area (Å²) in [5.74, 6) is 0.470. The normalized spacial score (nSPS) is 14.9. The van der Waals surface area contributed by atoms with Crippen molar-refractivity contribution in [3.05, 3.63) is 53.6 Å². The largest absolute Gasteiger partial charge is 0.326 e. The molecule has 144 valence electrons. The summed E-state index contributed by atoms with van der Waals surface area (Å²) in [5, 5.41) is 2.86. The molecule has 0 spiro atoms. The fourth-order valence-corrected chi connectivity index (χ4v) is 4.78. The molecule has 2 aromatic carbocycles. The summed E-state index contributed by atoms with van der Waals surface area (Å²) in [6.07, 6.45) is 5.19. The highest BCUT2D eigenvalue weighted by atomic mass is 32.2. The fourth-order valence-electron chi connectivity index (χ4n) is 3.57. The standard InChI is InChI=1S/C21H26N2O3S/c1-15-6-5-7-16(2)21(15)23-27(25,26)19-12-10-18(11-13-19)22-20(24)14-17-8-3-4-9-17/h5-7,10-13,17,23H,3-4,8-9,14H2,1-2H3,(H,22,24). The Bertz CT molecular complexity index is 895. The summed E-state index contributed by atoms with van der Waals surface area (Å²) < 4.78 is 28.0. The Morgan fingerprint density at radius 1 is 1.00 bits per heavy atom. The van der Waals surface area contributed by atoms with Crippen molar-refractivity contribution in [2.75, 3.05) is 10.0 Å². The van der Waals surface area contributed by atoms with Gasteiger partial charge >= 0.3 is 0 Å². The van der Waals surface area contributed by atoms with Crippen LogP contribution in [0.25, 0.3) is 0 Å². The number of sulfonamides is 1. The van der Waals surface area contributed by atoms with E-state index >= 15 is 0 Å². The SMILES string of the molecule is Cc1cccc(C)c1NS(=O)(=O)c1ccc(NC(=O)CC2CCCC2)cc1. The van der Waals surface area contributed by atoms with Gasteiger partial charge in [0.25, 0.3) is 10.0 Å². The Morgan fingerprint density at radius 2 is 1.59 bits per heavy atom. The number of anilines is 2. The molecular formula is C21H26N2O3S. The van der Waals surface area contributed by atoms with Crippen molar-refractivity contribution < 1.29 is 13.2 Å². The predicted octanol–water partition coefficient (Wildman–Crippen LogP) is 4.62. The molecule has 0 saturated heterocycles. The Kier molecular flexibility index (Phi) is 5.85. The molecule has 27 heavy (non-hydrogen) atoms. The molecule has 6 heteroatoms.